The molecule has 1 saturated heterocycles. The molecule has 6 heteroatoms. The second-order valence-corrected chi connectivity index (χ2v) is 5.76. The van der Waals surface area contributed by atoms with E-state index in [-0.39, 0.29) is 37.1 Å². The van der Waals surface area contributed by atoms with Crippen molar-refractivity contribution in [1.29, 1.82) is 0 Å². The van der Waals surface area contributed by atoms with Crippen molar-refractivity contribution in [2.45, 2.75) is 25.4 Å². The van der Waals surface area contributed by atoms with Crippen LogP contribution in [-0.4, -0.2) is 21.3 Å². The Morgan fingerprint density at radius 2 is 2.06 bits per heavy atom. The molecule has 0 radical (unpaired) electrons. The molecule has 1 fully saturated rings. The van der Waals surface area contributed by atoms with Crippen LogP contribution in [0.3, 0.4) is 0 Å². The Kier molecular flexibility index (Phi) is 6.14. The van der Waals surface area contributed by atoms with Gasteiger partial charge in [-0.2, -0.15) is 8.42 Å². The molecule has 0 aromatic heterocycles. The van der Waals surface area contributed by atoms with Crippen LogP contribution < -0.4 is 33.7 Å². The standard InChI is InChI=1S/C12H16O4S.Na.H/c1-17(13,14)16-12-8-3-2-6-10(12)11-7-4-5-9-15-11;;/h2-3,6,8,11H,4-5,7,9H2,1H3;;/q;+1;-1. The van der Waals surface area contributed by atoms with Crippen LogP contribution in [0.5, 0.6) is 5.75 Å². The smallest absolute Gasteiger partial charge is 1.00 e. The van der Waals surface area contributed by atoms with Gasteiger partial charge in [-0.15, -0.1) is 0 Å². The second kappa shape index (κ2) is 6.91. The van der Waals surface area contributed by atoms with E-state index in [4.69, 9.17) is 8.92 Å². The van der Waals surface area contributed by atoms with Gasteiger partial charge >= 0.3 is 39.7 Å². The van der Waals surface area contributed by atoms with Gasteiger partial charge in [0.1, 0.15) is 5.75 Å². The minimum atomic E-state index is -3.49. The summed E-state index contributed by atoms with van der Waals surface area (Å²) in [7, 11) is -3.49. The van der Waals surface area contributed by atoms with Gasteiger partial charge in [0, 0.05) is 12.2 Å². The molecule has 1 aliphatic heterocycles. The number of benzene rings is 1. The molecule has 0 aliphatic carbocycles. The van der Waals surface area contributed by atoms with E-state index < -0.39 is 10.1 Å². The number of para-hydroxylation sites is 1. The Balaban J connectivity index is 0.00000162. The largest absolute Gasteiger partial charge is 1.00 e. The maximum absolute atomic E-state index is 11.2. The predicted molar refractivity (Wildman–Crippen MR) is 65.6 cm³/mol. The first kappa shape index (κ1) is 16.0. The zero-order valence-electron chi connectivity index (χ0n) is 11.8. The fraction of sp³-hybridized carbons (Fsp3) is 0.500. The predicted octanol–water partition coefficient (Wildman–Crippen LogP) is -0.617. The Labute approximate surface area is 132 Å². The fourth-order valence-corrected chi connectivity index (χ4v) is 2.45. The molecule has 1 heterocycles. The van der Waals surface area contributed by atoms with Crippen LogP contribution in [-0.2, 0) is 14.9 Å². The molecule has 1 aromatic carbocycles. The molecule has 1 aromatic rings. The van der Waals surface area contributed by atoms with E-state index in [1.807, 2.05) is 12.1 Å². The normalized spacial score (nSPS) is 19.9. The van der Waals surface area contributed by atoms with E-state index in [0.29, 0.717) is 5.75 Å². The number of rotatable bonds is 3. The summed E-state index contributed by atoms with van der Waals surface area (Å²) in [4.78, 5) is 0. The summed E-state index contributed by atoms with van der Waals surface area (Å²) in [5, 5.41) is 0. The van der Waals surface area contributed by atoms with Gasteiger partial charge in [0.15, 0.2) is 0 Å². The number of ether oxygens (including phenoxy) is 1. The van der Waals surface area contributed by atoms with Gasteiger partial charge in [-0.05, 0) is 25.3 Å². The molecule has 0 saturated carbocycles. The molecule has 0 bridgehead atoms. The maximum atomic E-state index is 11.2. The summed E-state index contributed by atoms with van der Waals surface area (Å²) in [5.41, 5.74) is 0.817. The van der Waals surface area contributed by atoms with Crippen LogP contribution in [0.4, 0.5) is 0 Å². The van der Waals surface area contributed by atoms with Crippen LogP contribution in [0, 0.1) is 0 Å². The fourth-order valence-electron chi connectivity index (χ4n) is 1.97. The van der Waals surface area contributed by atoms with Crippen molar-refractivity contribution in [2.24, 2.45) is 0 Å². The third-order valence-electron chi connectivity index (χ3n) is 2.69. The maximum Gasteiger partial charge on any atom is 1.00 e. The Bertz CT molecular complexity index is 486. The van der Waals surface area contributed by atoms with Gasteiger partial charge in [-0.3, -0.25) is 0 Å². The van der Waals surface area contributed by atoms with E-state index in [9.17, 15) is 8.42 Å². The molecule has 1 unspecified atom stereocenters. The molecule has 0 N–H and O–H groups in total. The van der Waals surface area contributed by atoms with E-state index in [2.05, 4.69) is 0 Å². The SMILES string of the molecule is CS(=O)(=O)Oc1ccccc1C1CCCCO1.[H-].[Na+]. The third-order valence-corrected chi connectivity index (χ3v) is 3.17. The van der Waals surface area contributed by atoms with Gasteiger partial charge < -0.3 is 10.3 Å². The van der Waals surface area contributed by atoms with Crippen molar-refractivity contribution >= 4 is 10.1 Å². The second-order valence-electron chi connectivity index (χ2n) is 4.18. The molecule has 1 aliphatic rings. The first-order chi connectivity index (χ1) is 8.06. The zero-order chi connectivity index (χ0) is 12.3. The van der Waals surface area contributed by atoms with E-state index in [1.54, 1.807) is 12.1 Å². The molecule has 2 rings (SSSR count). The van der Waals surface area contributed by atoms with Crippen molar-refractivity contribution in [2.75, 3.05) is 12.9 Å². The van der Waals surface area contributed by atoms with Crippen molar-refractivity contribution < 1.29 is 48.3 Å². The van der Waals surface area contributed by atoms with Gasteiger partial charge in [-0.25, -0.2) is 0 Å². The third kappa shape index (κ3) is 4.55. The van der Waals surface area contributed by atoms with E-state index >= 15 is 0 Å². The van der Waals surface area contributed by atoms with Crippen LogP contribution in [0.15, 0.2) is 24.3 Å². The first-order valence-electron chi connectivity index (χ1n) is 5.66. The van der Waals surface area contributed by atoms with E-state index in [0.717, 1.165) is 37.7 Å². The van der Waals surface area contributed by atoms with Crippen LogP contribution in [0.1, 0.15) is 32.4 Å². The molecular weight excluding hydrogens is 263 g/mol. The Morgan fingerprint density at radius 1 is 1.33 bits per heavy atom. The van der Waals surface area contributed by atoms with Gasteiger partial charge in [0.25, 0.3) is 0 Å². The summed E-state index contributed by atoms with van der Waals surface area (Å²) >= 11 is 0. The molecular formula is C12H17NaO4S. The average molecular weight is 280 g/mol. The van der Waals surface area contributed by atoms with Crippen molar-refractivity contribution in [3.8, 4) is 5.75 Å². The van der Waals surface area contributed by atoms with Crippen LogP contribution in [0.25, 0.3) is 0 Å². The molecule has 18 heavy (non-hydrogen) atoms. The number of hydrogen-bond donors (Lipinski definition) is 0. The Hall–Kier alpha value is -0.0700. The summed E-state index contributed by atoms with van der Waals surface area (Å²) in [6.45, 7) is 0.720. The molecule has 0 amide bonds. The topological polar surface area (TPSA) is 52.6 Å². The van der Waals surface area contributed by atoms with Gasteiger partial charge in [-0.1, -0.05) is 18.2 Å². The Morgan fingerprint density at radius 3 is 2.67 bits per heavy atom. The molecule has 1 atom stereocenters. The summed E-state index contributed by atoms with van der Waals surface area (Å²) in [6, 6.07) is 7.14. The molecule has 0 spiro atoms. The minimum absolute atomic E-state index is 0. The van der Waals surface area contributed by atoms with Crippen molar-refractivity contribution in [1.82, 2.24) is 0 Å². The van der Waals surface area contributed by atoms with Crippen LogP contribution in [0.2, 0.25) is 0 Å². The molecule has 96 valence electrons. The molecule has 4 nitrogen and oxygen atoms in total. The van der Waals surface area contributed by atoms with Crippen molar-refractivity contribution in [3.05, 3.63) is 29.8 Å². The number of hydrogen-bond acceptors (Lipinski definition) is 4. The minimum Gasteiger partial charge on any atom is -1.00 e. The van der Waals surface area contributed by atoms with Gasteiger partial charge in [0.2, 0.25) is 0 Å². The first-order valence-corrected chi connectivity index (χ1v) is 7.48. The van der Waals surface area contributed by atoms with Crippen LogP contribution >= 0.6 is 0 Å². The monoisotopic (exact) mass is 280 g/mol. The summed E-state index contributed by atoms with van der Waals surface area (Å²) in [5.74, 6) is 0.377. The average Bonchev–Trinajstić information content (AvgIpc) is 2.29. The van der Waals surface area contributed by atoms with Gasteiger partial charge in [0.05, 0.1) is 12.4 Å². The quantitative estimate of drug-likeness (QED) is 0.547. The summed E-state index contributed by atoms with van der Waals surface area (Å²) in [6.07, 6.45) is 4.06. The zero-order valence-corrected chi connectivity index (χ0v) is 13.6. The summed E-state index contributed by atoms with van der Waals surface area (Å²) < 4.78 is 33.0. The van der Waals surface area contributed by atoms with Crippen molar-refractivity contribution in [3.63, 3.8) is 0 Å². The van der Waals surface area contributed by atoms with E-state index in [1.165, 1.54) is 0 Å².